The first-order valence-electron chi connectivity index (χ1n) is 5.38. The molecule has 0 aliphatic carbocycles. The van der Waals surface area contributed by atoms with Crippen molar-refractivity contribution in [2.75, 3.05) is 12.9 Å². The van der Waals surface area contributed by atoms with Crippen LogP contribution in [0.25, 0.3) is 0 Å². The summed E-state index contributed by atoms with van der Waals surface area (Å²) in [5.41, 5.74) is 0.393. The van der Waals surface area contributed by atoms with Crippen molar-refractivity contribution in [2.24, 2.45) is 0 Å². The fraction of sp³-hybridized carbons (Fsp3) is 0.308. The van der Waals surface area contributed by atoms with Crippen LogP contribution in [-0.4, -0.2) is 27.2 Å². The molecule has 0 spiro atoms. The lowest BCUT2D eigenvalue weighted by molar-refractivity contribution is -0.141. The molecule has 0 saturated carbocycles. The number of benzene rings is 1. The second-order valence-electron chi connectivity index (χ2n) is 3.55. The molecule has 4 nitrogen and oxygen atoms in total. The van der Waals surface area contributed by atoms with E-state index in [4.69, 9.17) is 4.74 Å². The van der Waals surface area contributed by atoms with E-state index in [1.165, 1.54) is 6.07 Å². The third kappa shape index (κ3) is 4.22. The third-order valence-corrected chi connectivity index (χ3v) is 3.20. The summed E-state index contributed by atoms with van der Waals surface area (Å²) >= 11 is 0. The Morgan fingerprint density at radius 2 is 2.00 bits per heavy atom. The molecule has 0 aliphatic rings. The number of esters is 1. The quantitative estimate of drug-likeness (QED) is 0.613. The maximum atomic E-state index is 11.5. The molecule has 0 radical (unpaired) electrons. The van der Waals surface area contributed by atoms with Gasteiger partial charge in [-0.05, 0) is 19.1 Å². The second kappa shape index (κ2) is 6.22. The molecule has 18 heavy (non-hydrogen) atoms. The lowest BCUT2D eigenvalue weighted by atomic mass is 10.2. The number of carbonyl (C=O) groups is 1. The van der Waals surface area contributed by atoms with Crippen molar-refractivity contribution in [1.29, 1.82) is 0 Å². The highest BCUT2D eigenvalue weighted by Gasteiger charge is 2.10. The lowest BCUT2D eigenvalue weighted by Gasteiger charge is -2.00. The average Bonchev–Trinajstić information content (AvgIpc) is 2.28. The van der Waals surface area contributed by atoms with E-state index in [2.05, 4.69) is 11.8 Å². The van der Waals surface area contributed by atoms with Crippen LogP contribution in [0.3, 0.4) is 0 Å². The van der Waals surface area contributed by atoms with Gasteiger partial charge in [-0.2, -0.15) is 0 Å². The SMILES string of the molecule is CCOC(=O)CC#Cc1ccccc1S(C)(=O)=O. The number of hydrogen-bond donors (Lipinski definition) is 0. The Labute approximate surface area is 107 Å². The zero-order valence-corrected chi connectivity index (χ0v) is 11.1. The Hall–Kier alpha value is -1.80. The normalized spacial score (nSPS) is 10.3. The van der Waals surface area contributed by atoms with Gasteiger partial charge in [-0.15, -0.1) is 0 Å². The van der Waals surface area contributed by atoms with Crippen molar-refractivity contribution >= 4 is 15.8 Å². The van der Waals surface area contributed by atoms with Gasteiger partial charge in [-0.1, -0.05) is 24.0 Å². The van der Waals surface area contributed by atoms with Crippen LogP contribution < -0.4 is 0 Å². The fourth-order valence-electron chi connectivity index (χ4n) is 1.32. The molecule has 0 amide bonds. The van der Waals surface area contributed by atoms with Gasteiger partial charge >= 0.3 is 5.97 Å². The van der Waals surface area contributed by atoms with E-state index in [-0.39, 0.29) is 11.3 Å². The molecule has 0 saturated heterocycles. The lowest BCUT2D eigenvalue weighted by Crippen LogP contribution is -2.02. The van der Waals surface area contributed by atoms with Crippen LogP contribution in [0.5, 0.6) is 0 Å². The molecule has 0 bridgehead atoms. The minimum atomic E-state index is -3.31. The standard InChI is InChI=1S/C13H14O4S/c1-3-17-13(14)10-6-8-11-7-4-5-9-12(11)18(2,15)16/h4-5,7,9H,3,10H2,1-2H3. The highest BCUT2D eigenvalue weighted by Crippen LogP contribution is 2.13. The topological polar surface area (TPSA) is 60.4 Å². The van der Waals surface area contributed by atoms with E-state index < -0.39 is 15.8 Å². The molecule has 96 valence electrons. The van der Waals surface area contributed by atoms with Gasteiger partial charge in [0.25, 0.3) is 0 Å². The second-order valence-corrected chi connectivity index (χ2v) is 5.54. The molecular formula is C13H14O4S. The molecule has 1 aromatic rings. The largest absolute Gasteiger partial charge is 0.465 e. The van der Waals surface area contributed by atoms with Gasteiger partial charge in [0.15, 0.2) is 9.84 Å². The van der Waals surface area contributed by atoms with Gasteiger partial charge < -0.3 is 4.74 Å². The molecule has 0 atom stereocenters. The third-order valence-electron chi connectivity index (χ3n) is 2.05. The van der Waals surface area contributed by atoms with Crippen LogP contribution >= 0.6 is 0 Å². The zero-order chi connectivity index (χ0) is 13.6. The Morgan fingerprint density at radius 1 is 1.33 bits per heavy atom. The Balaban J connectivity index is 2.93. The van der Waals surface area contributed by atoms with Gasteiger partial charge in [-0.25, -0.2) is 8.42 Å². The molecule has 0 heterocycles. The maximum absolute atomic E-state index is 11.5. The van der Waals surface area contributed by atoms with Crippen LogP contribution in [0.15, 0.2) is 29.2 Å². The number of sulfone groups is 1. The van der Waals surface area contributed by atoms with E-state index >= 15 is 0 Å². The van der Waals surface area contributed by atoms with Gasteiger partial charge in [0.1, 0.15) is 6.42 Å². The van der Waals surface area contributed by atoms with Gasteiger partial charge in [0.2, 0.25) is 0 Å². The average molecular weight is 266 g/mol. The van der Waals surface area contributed by atoms with Crippen LogP contribution in [0.2, 0.25) is 0 Å². The summed E-state index contributed by atoms with van der Waals surface area (Å²) in [6.07, 6.45) is 1.07. The number of carbonyl (C=O) groups excluding carboxylic acids is 1. The smallest absolute Gasteiger partial charge is 0.317 e. The van der Waals surface area contributed by atoms with E-state index in [1.807, 2.05) is 0 Å². The monoisotopic (exact) mass is 266 g/mol. The minimum Gasteiger partial charge on any atom is -0.465 e. The number of ether oxygens (including phenoxy) is 1. The first-order chi connectivity index (χ1) is 8.45. The van der Waals surface area contributed by atoms with Crippen molar-refractivity contribution in [3.63, 3.8) is 0 Å². The van der Waals surface area contributed by atoms with Crippen molar-refractivity contribution < 1.29 is 17.9 Å². The fourth-order valence-corrected chi connectivity index (χ4v) is 2.16. The van der Waals surface area contributed by atoms with Crippen molar-refractivity contribution in [1.82, 2.24) is 0 Å². The van der Waals surface area contributed by atoms with Gasteiger partial charge in [0, 0.05) is 11.8 Å². The van der Waals surface area contributed by atoms with E-state index in [1.54, 1.807) is 25.1 Å². The highest BCUT2D eigenvalue weighted by atomic mass is 32.2. The van der Waals surface area contributed by atoms with Crippen LogP contribution in [0.1, 0.15) is 18.9 Å². The Bertz CT molecular complexity index is 591. The summed E-state index contributed by atoms with van der Waals surface area (Å²) in [7, 11) is -3.31. The molecule has 0 aliphatic heterocycles. The summed E-state index contributed by atoms with van der Waals surface area (Å²) in [6, 6.07) is 6.42. The van der Waals surface area contributed by atoms with Crippen molar-refractivity contribution in [3.8, 4) is 11.8 Å². The minimum absolute atomic E-state index is 0.0497. The zero-order valence-electron chi connectivity index (χ0n) is 10.3. The van der Waals surface area contributed by atoms with Crippen LogP contribution in [-0.2, 0) is 19.4 Å². The number of hydrogen-bond acceptors (Lipinski definition) is 4. The molecular weight excluding hydrogens is 252 g/mol. The first-order valence-corrected chi connectivity index (χ1v) is 7.28. The molecule has 0 fully saturated rings. The summed E-state index contributed by atoms with van der Waals surface area (Å²) in [5, 5.41) is 0. The highest BCUT2D eigenvalue weighted by molar-refractivity contribution is 7.90. The summed E-state index contributed by atoms with van der Waals surface area (Å²) < 4.78 is 27.7. The predicted molar refractivity (Wildman–Crippen MR) is 67.7 cm³/mol. The van der Waals surface area contributed by atoms with E-state index in [0.717, 1.165) is 6.26 Å². The van der Waals surface area contributed by atoms with Crippen molar-refractivity contribution in [2.45, 2.75) is 18.2 Å². The summed E-state index contributed by atoms with van der Waals surface area (Å²) in [6.45, 7) is 2.02. The summed E-state index contributed by atoms with van der Waals surface area (Å²) in [5.74, 6) is 4.87. The Morgan fingerprint density at radius 3 is 2.61 bits per heavy atom. The molecule has 0 unspecified atom stereocenters. The first kappa shape index (κ1) is 14.3. The van der Waals surface area contributed by atoms with Crippen LogP contribution in [0, 0.1) is 11.8 Å². The molecule has 0 N–H and O–H groups in total. The molecule has 5 heteroatoms. The van der Waals surface area contributed by atoms with E-state index in [0.29, 0.717) is 12.2 Å². The predicted octanol–water partition coefficient (Wildman–Crippen LogP) is 1.39. The van der Waals surface area contributed by atoms with Crippen molar-refractivity contribution in [3.05, 3.63) is 29.8 Å². The van der Waals surface area contributed by atoms with E-state index in [9.17, 15) is 13.2 Å². The van der Waals surface area contributed by atoms with Gasteiger partial charge in [0.05, 0.1) is 11.5 Å². The van der Waals surface area contributed by atoms with Gasteiger partial charge in [-0.3, -0.25) is 4.79 Å². The van der Waals surface area contributed by atoms with Crippen LogP contribution in [0.4, 0.5) is 0 Å². The molecule has 0 aromatic heterocycles. The number of rotatable bonds is 3. The summed E-state index contributed by atoms with van der Waals surface area (Å²) in [4.78, 5) is 11.2. The molecule has 1 aromatic carbocycles. The molecule has 1 rings (SSSR count). The maximum Gasteiger partial charge on any atom is 0.317 e. The Kier molecular flexibility index (Phi) is 4.93.